The SMILES string of the molecule is CCCC(C)(NCC)c1nccs1. The van der Waals surface area contributed by atoms with Gasteiger partial charge < -0.3 is 5.32 Å². The Morgan fingerprint density at radius 1 is 1.54 bits per heavy atom. The lowest BCUT2D eigenvalue weighted by Gasteiger charge is -2.27. The van der Waals surface area contributed by atoms with Gasteiger partial charge in [-0.3, -0.25) is 0 Å². The van der Waals surface area contributed by atoms with Crippen LogP contribution >= 0.6 is 11.3 Å². The van der Waals surface area contributed by atoms with Crippen molar-refractivity contribution in [2.45, 2.75) is 39.2 Å². The Morgan fingerprint density at radius 2 is 2.31 bits per heavy atom. The molecule has 0 amide bonds. The van der Waals surface area contributed by atoms with Gasteiger partial charge in [-0.25, -0.2) is 4.98 Å². The van der Waals surface area contributed by atoms with Crippen molar-refractivity contribution in [3.05, 3.63) is 16.6 Å². The smallest absolute Gasteiger partial charge is 0.112 e. The Labute approximate surface area is 84.4 Å². The summed E-state index contributed by atoms with van der Waals surface area (Å²) in [6, 6.07) is 0. The lowest BCUT2D eigenvalue weighted by Crippen LogP contribution is -2.39. The Kier molecular flexibility index (Phi) is 3.88. The molecule has 1 unspecified atom stereocenters. The van der Waals surface area contributed by atoms with Crippen molar-refractivity contribution in [2.24, 2.45) is 0 Å². The predicted molar refractivity (Wildman–Crippen MR) is 58.1 cm³/mol. The monoisotopic (exact) mass is 198 g/mol. The Hall–Kier alpha value is -0.410. The Morgan fingerprint density at radius 3 is 2.77 bits per heavy atom. The quantitative estimate of drug-likeness (QED) is 0.787. The molecule has 0 saturated carbocycles. The van der Waals surface area contributed by atoms with E-state index in [0.717, 1.165) is 13.0 Å². The van der Waals surface area contributed by atoms with E-state index in [2.05, 4.69) is 31.1 Å². The molecule has 1 aromatic rings. The maximum atomic E-state index is 4.38. The number of aromatic nitrogens is 1. The lowest BCUT2D eigenvalue weighted by atomic mass is 9.97. The van der Waals surface area contributed by atoms with Crippen molar-refractivity contribution in [2.75, 3.05) is 6.54 Å². The number of thiazole rings is 1. The summed E-state index contributed by atoms with van der Waals surface area (Å²) in [5, 5.41) is 6.76. The van der Waals surface area contributed by atoms with Crippen molar-refractivity contribution in [1.29, 1.82) is 0 Å². The topological polar surface area (TPSA) is 24.9 Å². The predicted octanol–water partition coefficient (Wildman–Crippen LogP) is 2.77. The number of nitrogens with zero attached hydrogens (tertiary/aromatic N) is 1. The Balaban J connectivity index is 2.78. The van der Waals surface area contributed by atoms with Gasteiger partial charge in [0, 0.05) is 11.6 Å². The van der Waals surface area contributed by atoms with Crippen molar-refractivity contribution < 1.29 is 0 Å². The van der Waals surface area contributed by atoms with Crippen LogP contribution in [0.5, 0.6) is 0 Å². The Bertz CT molecular complexity index is 225. The molecule has 0 radical (unpaired) electrons. The fourth-order valence-corrected chi connectivity index (χ4v) is 2.46. The minimum Gasteiger partial charge on any atom is -0.306 e. The van der Waals surface area contributed by atoms with E-state index in [4.69, 9.17) is 0 Å². The molecule has 0 aromatic carbocycles. The summed E-state index contributed by atoms with van der Waals surface area (Å²) in [5.41, 5.74) is 0.0810. The van der Waals surface area contributed by atoms with Gasteiger partial charge in [0.15, 0.2) is 0 Å². The molecule has 1 atom stereocenters. The molecular weight excluding hydrogens is 180 g/mol. The molecule has 2 nitrogen and oxygen atoms in total. The average Bonchev–Trinajstić information content (AvgIpc) is 2.57. The summed E-state index contributed by atoms with van der Waals surface area (Å²) in [5.74, 6) is 0. The zero-order valence-corrected chi connectivity index (χ0v) is 9.45. The van der Waals surface area contributed by atoms with Crippen molar-refractivity contribution in [3.63, 3.8) is 0 Å². The molecule has 3 heteroatoms. The van der Waals surface area contributed by atoms with Crippen LogP contribution in [-0.2, 0) is 5.54 Å². The lowest BCUT2D eigenvalue weighted by molar-refractivity contribution is 0.343. The van der Waals surface area contributed by atoms with Gasteiger partial charge in [-0.2, -0.15) is 0 Å². The molecule has 1 aromatic heterocycles. The first-order valence-corrected chi connectivity index (χ1v) is 5.76. The minimum absolute atomic E-state index is 0.0810. The summed E-state index contributed by atoms with van der Waals surface area (Å²) in [7, 11) is 0. The van der Waals surface area contributed by atoms with Gasteiger partial charge in [-0.1, -0.05) is 20.3 Å². The van der Waals surface area contributed by atoms with E-state index in [0.29, 0.717) is 0 Å². The molecular formula is C10H18N2S. The minimum atomic E-state index is 0.0810. The van der Waals surface area contributed by atoms with Gasteiger partial charge in [-0.15, -0.1) is 11.3 Å². The molecule has 74 valence electrons. The highest BCUT2D eigenvalue weighted by Gasteiger charge is 2.26. The van der Waals surface area contributed by atoms with Gasteiger partial charge in [0.05, 0.1) is 5.54 Å². The number of nitrogens with one attached hydrogen (secondary N) is 1. The van der Waals surface area contributed by atoms with E-state index in [-0.39, 0.29) is 5.54 Å². The summed E-state index contributed by atoms with van der Waals surface area (Å²) in [6.45, 7) is 7.58. The second kappa shape index (κ2) is 4.72. The van der Waals surface area contributed by atoms with Crippen molar-refractivity contribution in [3.8, 4) is 0 Å². The summed E-state index contributed by atoms with van der Waals surface area (Å²) in [6.07, 6.45) is 4.21. The van der Waals surface area contributed by atoms with Gasteiger partial charge in [0.25, 0.3) is 0 Å². The van der Waals surface area contributed by atoms with Crippen LogP contribution in [0.15, 0.2) is 11.6 Å². The number of hydrogen-bond acceptors (Lipinski definition) is 3. The highest BCUT2D eigenvalue weighted by Crippen LogP contribution is 2.27. The second-order valence-electron chi connectivity index (χ2n) is 3.45. The van der Waals surface area contributed by atoms with Gasteiger partial charge in [0.2, 0.25) is 0 Å². The molecule has 13 heavy (non-hydrogen) atoms. The normalized spacial score (nSPS) is 15.6. The molecule has 0 aliphatic carbocycles. The number of rotatable bonds is 5. The van der Waals surface area contributed by atoms with E-state index >= 15 is 0 Å². The van der Waals surface area contributed by atoms with Crippen LogP contribution in [-0.4, -0.2) is 11.5 Å². The van der Waals surface area contributed by atoms with Crippen molar-refractivity contribution >= 4 is 11.3 Å². The van der Waals surface area contributed by atoms with Gasteiger partial charge in [0.1, 0.15) is 5.01 Å². The third-order valence-electron chi connectivity index (χ3n) is 2.22. The maximum Gasteiger partial charge on any atom is 0.112 e. The van der Waals surface area contributed by atoms with Crippen LogP contribution < -0.4 is 5.32 Å². The molecule has 0 bridgehead atoms. The first kappa shape index (κ1) is 10.7. The summed E-state index contributed by atoms with van der Waals surface area (Å²) >= 11 is 1.74. The second-order valence-corrected chi connectivity index (χ2v) is 4.34. The van der Waals surface area contributed by atoms with Crippen LogP contribution in [0.1, 0.15) is 38.6 Å². The summed E-state index contributed by atoms with van der Waals surface area (Å²) in [4.78, 5) is 4.38. The summed E-state index contributed by atoms with van der Waals surface area (Å²) < 4.78 is 0. The standard InChI is InChI=1S/C10H18N2S/c1-4-6-10(3,12-5-2)9-11-7-8-13-9/h7-8,12H,4-6H2,1-3H3. The van der Waals surface area contributed by atoms with E-state index in [1.54, 1.807) is 11.3 Å². The third kappa shape index (κ3) is 2.51. The van der Waals surface area contributed by atoms with Gasteiger partial charge in [-0.05, 0) is 19.9 Å². The van der Waals surface area contributed by atoms with Crippen LogP contribution in [0.3, 0.4) is 0 Å². The zero-order chi connectivity index (χ0) is 9.73. The molecule has 0 saturated heterocycles. The largest absolute Gasteiger partial charge is 0.306 e. The van der Waals surface area contributed by atoms with E-state index in [1.165, 1.54) is 11.4 Å². The highest BCUT2D eigenvalue weighted by molar-refractivity contribution is 7.09. The zero-order valence-electron chi connectivity index (χ0n) is 8.63. The van der Waals surface area contributed by atoms with Crippen LogP contribution in [0.25, 0.3) is 0 Å². The van der Waals surface area contributed by atoms with E-state index in [9.17, 15) is 0 Å². The average molecular weight is 198 g/mol. The van der Waals surface area contributed by atoms with Crippen LogP contribution in [0, 0.1) is 0 Å². The molecule has 1 rings (SSSR count). The van der Waals surface area contributed by atoms with Crippen LogP contribution in [0.2, 0.25) is 0 Å². The molecule has 0 fully saturated rings. The first-order valence-electron chi connectivity index (χ1n) is 4.88. The van der Waals surface area contributed by atoms with E-state index in [1.807, 2.05) is 11.6 Å². The molecule has 1 heterocycles. The van der Waals surface area contributed by atoms with Crippen molar-refractivity contribution in [1.82, 2.24) is 10.3 Å². The fourth-order valence-electron chi connectivity index (χ4n) is 1.66. The van der Waals surface area contributed by atoms with Gasteiger partial charge >= 0.3 is 0 Å². The highest BCUT2D eigenvalue weighted by atomic mass is 32.1. The molecule has 0 spiro atoms. The molecule has 0 aliphatic heterocycles. The first-order chi connectivity index (χ1) is 6.23. The number of hydrogen-bond donors (Lipinski definition) is 1. The van der Waals surface area contributed by atoms with E-state index < -0.39 is 0 Å². The third-order valence-corrected chi connectivity index (χ3v) is 3.26. The molecule has 1 N–H and O–H groups in total. The fraction of sp³-hybridized carbons (Fsp3) is 0.700. The maximum absolute atomic E-state index is 4.38. The molecule has 0 aliphatic rings. The van der Waals surface area contributed by atoms with Crippen LogP contribution in [0.4, 0.5) is 0 Å².